The Morgan fingerprint density at radius 2 is 1.78 bits per heavy atom. The highest BCUT2D eigenvalue weighted by Crippen LogP contribution is 2.36. The molecule has 3 rings (SSSR count). The van der Waals surface area contributed by atoms with Gasteiger partial charge in [-0.3, -0.25) is 9.59 Å². The highest BCUT2D eigenvalue weighted by molar-refractivity contribution is 7.80. The molecule has 0 aromatic heterocycles. The van der Waals surface area contributed by atoms with Crippen LogP contribution in [-0.4, -0.2) is 35.8 Å². The number of hydrogen-bond acceptors (Lipinski definition) is 4. The van der Waals surface area contributed by atoms with Crippen molar-refractivity contribution in [2.75, 3.05) is 17.7 Å². The van der Waals surface area contributed by atoms with Crippen LogP contribution in [0.4, 0.5) is 10.1 Å². The molecule has 0 heterocycles. The Hall–Kier alpha value is -2.38. The van der Waals surface area contributed by atoms with E-state index < -0.39 is 17.8 Å². The smallest absolute Gasteiger partial charge is 0.247 e. The first-order valence-corrected chi connectivity index (χ1v) is 11.7. The highest BCUT2D eigenvalue weighted by Gasteiger charge is 2.38. The fraction of sp³-hybridized carbons (Fsp3) is 0.440. The van der Waals surface area contributed by atoms with Crippen molar-refractivity contribution in [1.29, 1.82) is 0 Å². The Balaban J connectivity index is 1.69. The molecule has 1 aliphatic carbocycles. The summed E-state index contributed by atoms with van der Waals surface area (Å²) >= 11 is 4.45. The molecule has 5 nitrogen and oxygen atoms in total. The molecule has 2 amide bonds. The summed E-state index contributed by atoms with van der Waals surface area (Å²) < 4.78 is 20.0. The van der Waals surface area contributed by atoms with Gasteiger partial charge in [-0.25, -0.2) is 4.39 Å². The number of thiol groups is 1. The lowest BCUT2D eigenvalue weighted by atomic mass is 9.79. The van der Waals surface area contributed by atoms with E-state index in [1.54, 1.807) is 12.1 Å². The summed E-state index contributed by atoms with van der Waals surface area (Å²) in [6.07, 6.45) is 3.19. The summed E-state index contributed by atoms with van der Waals surface area (Å²) in [5.74, 6) is -0.683. The number of ether oxygens (including phenoxy) is 1. The van der Waals surface area contributed by atoms with Crippen molar-refractivity contribution in [3.63, 3.8) is 0 Å². The molecular weight excluding hydrogens is 427 g/mol. The maximum Gasteiger partial charge on any atom is 0.247 e. The first-order chi connectivity index (χ1) is 15.5. The summed E-state index contributed by atoms with van der Waals surface area (Å²) in [6.45, 7) is 2.58. The van der Waals surface area contributed by atoms with Gasteiger partial charge in [-0.2, -0.15) is 12.6 Å². The predicted molar refractivity (Wildman–Crippen MR) is 127 cm³/mol. The number of para-hydroxylation sites is 1. The Kier molecular flexibility index (Phi) is 8.70. The van der Waals surface area contributed by atoms with E-state index in [0.717, 1.165) is 18.4 Å². The second-order valence-electron chi connectivity index (χ2n) is 8.27. The monoisotopic (exact) mass is 458 g/mol. The van der Waals surface area contributed by atoms with Gasteiger partial charge in [0.15, 0.2) is 0 Å². The van der Waals surface area contributed by atoms with Crippen LogP contribution in [0.3, 0.4) is 0 Å². The SMILES string of the molecule is CCOC1(CS)CCC(C(=O)N[C@@H](Cc2ccccc2)C(=O)Nc2ccccc2F)CC1. The van der Waals surface area contributed by atoms with E-state index in [4.69, 9.17) is 4.74 Å². The number of benzene rings is 2. The van der Waals surface area contributed by atoms with E-state index in [-0.39, 0.29) is 23.1 Å². The number of halogens is 1. The summed E-state index contributed by atoms with van der Waals surface area (Å²) in [5.41, 5.74) is 0.730. The van der Waals surface area contributed by atoms with Crippen LogP contribution in [0, 0.1) is 11.7 Å². The lowest BCUT2D eigenvalue weighted by molar-refractivity contribution is -0.132. The molecule has 1 fully saturated rings. The maximum absolute atomic E-state index is 14.0. The molecule has 2 aromatic rings. The molecule has 0 unspecified atom stereocenters. The summed E-state index contributed by atoms with van der Waals surface area (Å²) in [6, 6.07) is 14.7. The number of rotatable bonds is 9. The van der Waals surface area contributed by atoms with Crippen LogP contribution < -0.4 is 10.6 Å². The van der Waals surface area contributed by atoms with Crippen LogP contribution in [0.25, 0.3) is 0 Å². The zero-order chi connectivity index (χ0) is 23.0. The molecular formula is C25H31FN2O3S. The topological polar surface area (TPSA) is 67.4 Å². The molecule has 1 atom stereocenters. The maximum atomic E-state index is 14.0. The van der Waals surface area contributed by atoms with Crippen molar-refractivity contribution in [2.45, 2.75) is 50.7 Å². The van der Waals surface area contributed by atoms with Crippen molar-refractivity contribution >= 4 is 30.1 Å². The van der Waals surface area contributed by atoms with Gasteiger partial charge in [-0.15, -0.1) is 0 Å². The molecule has 1 saturated carbocycles. The minimum Gasteiger partial charge on any atom is -0.374 e. The fourth-order valence-electron chi connectivity index (χ4n) is 4.19. The van der Waals surface area contributed by atoms with E-state index >= 15 is 0 Å². The molecule has 7 heteroatoms. The van der Waals surface area contributed by atoms with E-state index in [1.165, 1.54) is 12.1 Å². The van der Waals surface area contributed by atoms with E-state index in [9.17, 15) is 14.0 Å². The van der Waals surface area contributed by atoms with E-state index in [1.807, 2.05) is 37.3 Å². The summed E-state index contributed by atoms with van der Waals surface area (Å²) in [7, 11) is 0. The van der Waals surface area contributed by atoms with E-state index in [0.29, 0.717) is 31.6 Å². The fourth-order valence-corrected chi connectivity index (χ4v) is 4.60. The van der Waals surface area contributed by atoms with Crippen molar-refractivity contribution < 1.29 is 18.7 Å². The molecule has 1 aliphatic rings. The molecule has 0 aliphatic heterocycles. The number of nitrogens with one attached hydrogen (secondary N) is 2. The van der Waals surface area contributed by atoms with Crippen LogP contribution in [0.15, 0.2) is 54.6 Å². The summed E-state index contributed by atoms with van der Waals surface area (Å²) in [5, 5.41) is 5.54. The third-order valence-electron chi connectivity index (χ3n) is 6.05. The Morgan fingerprint density at radius 1 is 1.12 bits per heavy atom. The Bertz CT molecular complexity index is 901. The Labute approximate surface area is 194 Å². The second kappa shape index (κ2) is 11.5. The van der Waals surface area contributed by atoms with Gasteiger partial charge in [0, 0.05) is 24.7 Å². The molecule has 2 aromatic carbocycles. The van der Waals surface area contributed by atoms with Gasteiger partial charge < -0.3 is 15.4 Å². The lowest BCUT2D eigenvalue weighted by Crippen LogP contribution is -2.49. The molecule has 0 bridgehead atoms. The van der Waals surface area contributed by atoms with Crippen LogP contribution >= 0.6 is 12.6 Å². The van der Waals surface area contributed by atoms with Crippen molar-refractivity contribution in [1.82, 2.24) is 5.32 Å². The third-order valence-corrected chi connectivity index (χ3v) is 6.63. The lowest BCUT2D eigenvalue weighted by Gasteiger charge is -2.38. The van der Waals surface area contributed by atoms with Gasteiger partial charge >= 0.3 is 0 Å². The van der Waals surface area contributed by atoms with Crippen LogP contribution in [0.1, 0.15) is 38.2 Å². The predicted octanol–water partition coefficient (Wildman–Crippen LogP) is 4.39. The van der Waals surface area contributed by atoms with Gasteiger partial charge in [0.25, 0.3) is 0 Å². The molecule has 0 spiro atoms. The minimum atomic E-state index is -0.812. The van der Waals surface area contributed by atoms with Gasteiger partial charge in [-0.1, -0.05) is 42.5 Å². The first-order valence-electron chi connectivity index (χ1n) is 11.1. The van der Waals surface area contributed by atoms with Gasteiger partial charge in [0.2, 0.25) is 11.8 Å². The normalized spacial score (nSPS) is 21.5. The minimum absolute atomic E-state index is 0.0951. The molecule has 32 heavy (non-hydrogen) atoms. The van der Waals surface area contributed by atoms with Crippen molar-refractivity contribution in [3.05, 3.63) is 66.0 Å². The Morgan fingerprint density at radius 3 is 2.41 bits per heavy atom. The highest BCUT2D eigenvalue weighted by atomic mass is 32.1. The molecule has 2 N–H and O–H groups in total. The van der Waals surface area contributed by atoms with Crippen molar-refractivity contribution in [3.8, 4) is 0 Å². The second-order valence-corrected chi connectivity index (χ2v) is 8.58. The van der Waals surface area contributed by atoms with E-state index in [2.05, 4.69) is 23.3 Å². The number of amides is 2. The van der Waals surface area contributed by atoms with Gasteiger partial charge in [0.1, 0.15) is 11.9 Å². The number of carbonyl (C=O) groups is 2. The standard InChI is InChI=1S/C25H31FN2O3S/c1-2-31-25(17-32)14-12-19(13-15-25)23(29)28-22(16-18-8-4-3-5-9-18)24(30)27-21-11-7-6-10-20(21)26/h3-11,19,22,32H,2,12-17H2,1H3,(H,27,30)(H,28,29)/t19?,22-,25?/m0/s1. The summed E-state index contributed by atoms with van der Waals surface area (Å²) in [4.78, 5) is 26.1. The van der Waals surface area contributed by atoms with Gasteiger partial charge in [0.05, 0.1) is 11.3 Å². The van der Waals surface area contributed by atoms with Gasteiger partial charge in [-0.05, 0) is 50.3 Å². The zero-order valence-electron chi connectivity index (χ0n) is 18.4. The molecule has 172 valence electrons. The van der Waals surface area contributed by atoms with Crippen LogP contribution in [0.2, 0.25) is 0 Å². The van der Waals surface area contributed by atoms with Crippen LogP contribution in [0.5, 0.6) is 0 Å². The number of carbonyl (C=O) groups excluding carboxylic acids is 2. The number of anilines is 1. The molecule has 0 saturated heterocycles. The average molecular weight is 459 g/mol. The van der Waals surface area contributed by atoms with Crippen molar-refractivity contribution in [2.24, 2.45) is 5.92 Å². The van der Waals surface area contributed by atoms with Crippen LogP contribution in [-0.2, 0) is 20.7 Å². The molecule has 0 radical (unpaired) electrons. The third kappa shape index (κ3) is 6.33. The first kappa shape index (κ1) is 24.3. The number of hydrogen-bond donors (Lipinski definition) is 3. The quantitative estimate of drug-likeness (QED) is 0.489. The zero-order valence-corrected chi connectivity index (χ0v) is 19.2. The average Bonchev–Trinajstić information content (AvgIpc) is 2.81. The largest absolute Gasteiger partial charge is 0.374 e.